The molecule has 1 unspecified atom stereocenters. The molecule has 4 heteroatoms. The van der Waals surface area contributed by atoms with Crippen molar-refractivity contribution in [3.05, 3.63) is 27.1 Å². The summed E-state index contributed by atoms with van der Waals surface area (Å²) < 4.78 is 1.12. The summed E-state index contributed by atoms with van der Waals surface area (Å²) in [7, 11) is 0. The van der Waals surface area contributed by atoms with Gasteiger partial charge in [0.15, 0.2) is 0 Å². The van der Waals surface area contributed by atoms with Crippen molar-refractivity contribution in [3.63, 3.8) is 0 Å². The van der Waals surface area contributed by atoms with Crippen molar-refractivity contribution >= 4 is 28.6 Å². The van der Waals surface area contributed by atoms with E-state index in [2.05, 4.69) is 33.6 Å². The molecule has 0 spiro atoms. The van der Waals surface area contributed by atoms with Gasteiger partial charge in [-0.25, -0.2) is 0 Å². The highest BCUT2D eigenvalue weighted by Gasteiger charge is 2.25. The van der Waals surface area contributed by atoms with Gasteiger partial charge < -0.3 is 5.11 Å². The van der Waals surface area contributed by atoms with Crippen molar-refractivity contribution in [3.8, 4) is 0 Å². The van der Waals surface area contributed by atoms with Crippen LogP contribution in [-0.4, -0.2) is 16.1 Å². The fourth-order valence-corrected chi connectivity index (χ4v) is 2.45. The number of hydrogen-bond donors (Lipinski definition) is 1. The van der Waals surface area contributed by atoms with Crippen LogP contribution in [0, 0.1) is 3.57 Å². The Morgan fingerprint density at radius 1 is 1.71 bits per heavy atom. The monoisotopic (exact) mass is 303 g/mol. The number of nitrogens with zero attached hydrogens (tertiary/aromatic N) is 1. The normalized spacial score (nSPS) is 19.4. The molecule has 1 aliphatic carbocycles. The van der Waals surface area contributed by atoms with Crippen LogP contribution < -0.4 is 0 Å². The van der Waals surface area contributed by atoms with E-state index in [-0.39, 0.29) is 12.3 Å². The van der Waals surface area contributed by atoms with Gasteiger partial charge in [-0.05, 0) is 47.1 Å². The van der Waals surface area contributed by atoms with Gasteiger partial charge in [0.2, 0.25) is 0 Å². The zero-order chi connectivity index (χ0) is 10.1. The second-order valence-corrected chi connectivity index (χ2v) is 4.78. The predicted octanol–water partition coefficient (Wildman–Crippen LogP) is 2.19. The van der Waals surface area contributed by atoms with Crippen LogP contribution >= 0.6 is 22.6 Å². The van der Waals surface area contributed by atoms with Gasteiger partial charge in [-0.2, -0.15) is 0 Å². The van der Waals surface area contributed by atoms with Crippen molar-refractivity contribution in [1.82, 2.24) is 4.98 Å². The first-order chi connectivity index (χ1) is 6.66. The van der Waals surface area contributed by atoms with Gasteiger partial charge in [0.25, 0.3) is 0 Å². The molecule has 0 saturated heterocycles. The maximum Gasteiger partial charge on any atom is 0.304 e. The van der Waals surface area contributed by atoms with Crippen LogP contribution in [0.5, 0.6) is 0 Å². The van der Waals surface area contributed by atoms with E-state index in [9.17, 15) is 4.79 Å². The smallest absolute Gasteiger partial charge is 0.304 e. The highest BCUT2D eigenvalue weighted by Crippen LogP contribution is 2.34. The number of fused-ring (bicyclic) bond motifs is 1. The number of aliphatic carboxylic acids is 1. The van der Waals surface area contributed by atoms with Gasteiger partial charge >= 0.3 is 5.97 Å². The molecule has 0 amide bonds. The summed E-state index contributed by atoms with van der Waals surface area (Å²) in [5.74, 6) is -0.609. The lowest BCUT2D eigenvalue weighted by Gasteiger charge is -2.06. The second kappa shape index (κ2) is 3.84. The van der Waals surface area contributed by atoms with Gasteiger partial charge in [0.1, 0.15) is 0 Å². The van der Waals surface area contributed by atoms with E-state index in [1.807, 2.05) is 0 Å². The lowest BCUT2D eigenvalue weighted by molar-refractivity contribution is -0.137. The summed E-state index contributed by atoms with van der Waals surface area (Å²) in [5, 5.41) is 8.72. The summed E-state index contributed by atoms with van der Waals surface area (Å²) >= 11 is 2.23. The lowest BCUT2D eigenvalue weighted by atomic mass is 10.0. The molecule has 2 rings (SSSR count). The summed E-state index contributed by atoms with van der Waals surface area (Å²) in [6.07, 6.45) is 3.91. The highest BCUT2D eigenvalue weighted by molar-refractivity contribution is 14.1. The summed E-state index contributed by atoms with van der Waals surface area (Å²) in [4.78, 5) is 14.9. The standard InChI is InChI=1S/C10H10INO2/c11-8-3-6-1-2-7(4-9(13)14)10(6)12-5-8/h3,5,7H,1-2,4H2,(H,13,14). The molecule has 1 atom stereocenters. The molecule has 1 N–H and O–H groups in total. The van der Waals surface area contributed by atoms with E-state index >= 15 is 0 Å². The fraction of sp³-hybridized carbons (Fsp3) is 0.400. The Bertz CT molecular complexity index is 378. The third kappa shape index (κ3) is 1.89. The second-order valence-electron chi connectivity index (χ2n) is 3.53. The van der Waals surface area contributed by atoms with Crippen LogP contribution in [0.25, 0.3) is 0 Å². The molecular formula is C10H10INO2. The van der Waals surface area contributed by atoms with E-state index in [0.717, 1.165) is 22.1 Å². The molecule has 1 aromatic heterocycles. The number of carbonyl (C=O) groups is 1. The van der Waals surface area contributed by atoms with Crippen LogP contribution in [0.3, 0.4) is 0 Å². The van der Waals surface area contributed by atoms with E-state index in [4.69, 9.17) is 5.11 Å². The molecule has 0 aromatic carbocycles. The Morgan fingerprint density at radius 3 is 3.21 bits per heavy atom. The Kier molecular flexibility index (Phi) is 2.71. The van der Waals surface area contributed by atoms with Crippen molar-refractivity contribution in [2.45, 2.75) is 25.2 Å². The van der Waals surface area contributed by atoms with Gasteiger partial charge in [0.05, 0.1) is 6.42 Å². The topological polar surface area (TPSA) is 50.2 Å². The number of rotatable bonds is 2. The number of carboxylic acid groups (broad SMARTS) is 1. The molecule has 0 bridgehead atoms. The quantitative estimate of drug-likeness (QED) is 0.852. The largest absolute Gasteiger partial charge is 0.481 e. The minimum absolute atomic E-state index is 0.125. The Balaban J connectivity index is 2.26. The van der Waals surface area contributed by atoms with Gasteiger partial charge in [-0.3, -0.25) is 9.78 Å². The van der Waals surface area contributed by atoms with Crippen LogP contribution in [0.4, 0.5) is 0 Å². The summed E-state index contributed by atoms with van der Waals surface area (Å²) in [5.41, 5.74) is 2.22. The predicted molar refractivity (Wildman–Crippen MR) is 60.3 cm³/mol. The third-order valence-electron chi connectivity index (χ3n) is 2.54. The zero-order valence-electron chi connectivity index (χ0n) is 7.53. The number of carboxylic acids is 1. The SMILES string of the molecule is O=C(O)CC1CCc2cc(I)cnc21. The molecule has 1 heterocycles. The molecule has 0 fully saturated rings. The Hall–Kier alpha value is -0.650. The van der Waals surface area contributed by atoms with Crippen molar-refractivity contribution in [2.24, 2.45) is 0 Å². The third-order valence-corrected chi connectivity index (χ3v) is 3.13. The number of aryl methyl sites for hydroxylation is 1. The van der Waals surface area contributed by atoms with Crippen LogP contribution in [0.2, 0.25) is 0 Å². The highest BCUT2D eigenvalue weighted by atomic mass is 127. The lowest BCUT2D eigenvalue weighted by Crippen LogP contribution is -2.04. The zero-order valence-corrected chi connectivity index (χ0v) is 9.69. The van der Waals surface area contributed by atoms with E-state index < -0.39 is 5.97 Å². The average molecular weight is 303 g/mol. The van der Waals surface area contributed by atoms with Crippen molar-refractivity contribution in [1.29, 1.82) is 0 Å². The first-order valence-corrected chi connectivity index (χ1v) is 5.61. The molecule has 0 saturated carbocycles. The van der Waals surface area contributed by atoms with Crippen LogP contribution in [-0.2, 0) is 11.2 Å². The van der Waals surface area contributed by atoms with Crippen LogP contribution in [0.1, 0.15) is 30.0 Å². The molecule has 1 aliphatic rings. The maximum atomic E-state index is 10.6. The average Bonchev–Trinajstić information content (AvgIpc) is 2.47. The van der Waals surface area contributed by atoms with Gasteiger partial charge in [-0.1, -0.05) is 0 Å². The van der Waals surface area contributed by atoms with Crippen LogP contribution in [0.15, 0.2) is 12.3 Å². The van der Waals surface area contributed by atoms with Crippen molar-refractivity contribution < 1.29 is 9.90 Å². The molecule has 14 heavy (non-hydrogen) atoms. The van der Waals surface area contributed by atoms with E-state index in [1.54, 1.807) is 6.20 Å². The molecule has 0 aliphatic heterocycles. The summed E-state index contributed by atoms with van der Waals surface area (Å²) in [6.45, 7) is 0. The first kappa shape index (κ1) is 9.89. The number of hydrogen-bond acceptors (Lipinski definition) is 2. The van der Waals surface area contributed by atoms with Crippen molar-refractivity contribution in [2.75, 3.05) is 0 Å². The number of halogens is 1. The Labute approximate surface area is 95.7 Å². The molecule has 1 aromatic rings. The molecule has 74 valence electrons. The minimum Gasteiger partial charge on any atom is -0.481 e. The number of aromatic nitrogens is 1. The van der Waals surface area contributed by atoms with Gasteiger partial charge in [-0.15, -0.1) is 0 Å². The van der Waals surface area contributed by atoms with Gasteiger partial charge in [0, 0.05) is 21.4 Å². The molecule has 3 nitrogen and oxygen atoms in total. The van der Waals surface area contributed by atoms with E-state index in [1.165, 1.54) is 5.56 Å². The fourth-order valence-electron chi connectivity index (χ4n) is 1.94. The maximum absolute atomic E-state index is 10.6. The first-order valence-electron chi connectivity index (χ1n) is 4.53. The summed E-state index contributed by atoms with van der Waals surface area (Å²) in [6, 6.07) is 2.10. The minimum atomic E-state index is -0.733. The number of pyridine rings is 1. The Morgan fingerprint density at radius 2 is 2.50 bits per heavy atom. The molecular weight excluding hydrogens is 293 g/mol. The van der Waals surface area contributed by atoms with E-state index in [0.29, 0.717) is 0 Å². The molecule has 0 radical (unpaired) electrons.